The number of fused-ring (bicyclic) bond motifs is 1. The van der Waals surface area contributed by atoms with Gasteiger partial charge in [0, 0.05) is 6.20 Å². The van der Waals surface area contributed by atoms with Gasteiger partial charge in [0.15, 0.2) is 5.65 Å². The molecule has 0 N–H and O–H groups in total. The van der Waals surface area contributed by atoms with E-state index in [0.717, 1.165) is 4.57 Å². The van der Waals surface area contributed by atoms with Crippen LogP contribution in [0.3, 0.4) is 0 Å². The summed E-state index contributed by atoms with van der Waals surface area (Å²) in [5.74, 6) is 0.0968. The van der Waals surface area contributed by atoms with E-state index < -0.39 is 12.7 Å². The van der Waals surface area contributed by atoms with Crippen molar-refractivity contribution in [2.75, 3.05) is 0 Å². The number of aromatic nitrogens is 3. The molecular weight excluding hydrogens is 243 g/mol. The summed E-state index contributed by atoms with van der Waals surface area (Å²) in [5.41, 5.74) is 0.623. The van der Waals surface area contributed by atoms with Gasteiger partial charge >= 0.3 is 6.18 Å². The monoisotopic (exact) mass is 249 g/mol. The van der Waals surface area contributed by atoms with Crippen LogP contribution >= 0.6 is 11.6 Å². The van der Waals surface area contributed by atoms with Gasteiger partial charge in [0.1, 0.15) is 17.9 Å². The molecular formula is C9H7ClF3N3. The molecule has 3 nitrogen and oxygen atoms in total. The minimum absolute atomic E-state index is 0.0769. The molecule has 16 heavy (non-hydrogen) atoms. The third-order valence-corrected chi connectivity index (χ3v) is 2.28. The molecule has 2 aromatic rings. The van der Waals surface area contributed by atoms with Crippen molar-refractivity contribution in [3.63, 3.8) is 0 Å². The lowest BCUT2D eigenvalue weighted by atomic mass is 10.4. The third kappa shape index (κ3) is 2.11. The molecule has 0 radical (unpaired) electrons. The Labute approximate surface area is 93.9 Å². The average Bonchev–Trinajstić information content (AvgIpc) is 2.55. The Kier molecular flexibility index (Phi) is 2.75. The van der Waals surface area contributed by atoms with E-state index in [1.165, 1.54) is 6.20 Å². The van der Waals surface area contributed by atoms with Crippen LogP contribution in [0, 0.1) is 0 Å². The predicted molar refractivity (Wildman–Crippen MR) is 53.1 cm³/mol. The maximum absolute atomic E-state index is 12.3. The van der Waals surface area contributed by atoms with Gasteiger partial charge in [-0.25, -0.2) is 9.97 Å². The van der Waals surface area contributed by atoms with Crippen molar-refractivity contribution in [2.24, 2.45) is 0 Å². The number of imidazole rings is 1. The first-order chi connectivity index (χ1) is 7.51. The van der Waals surface area contributed by atoms with Crippen LogP contribution in [0.4, 0.5) is 13.2 Å². The fraction of sp³-hybridized carbons (Fsp3) is 0.333. The van der Waals surface area contributed by atoms with Crippen molar-refractivity contribution in [1.82, 2.24) is 14.5 Å². The second kappa shape index (κ2) is 3.93. The van der Waals surface area contributed by atoms with E-state index in [1.54, 1.807) is 12.1 Å². The van der Waals surface area contributed by atoms with Crippen molar-refractivity contribution in [3.8, 4) is 0 Å². The summed E-state index contributed by atoms with van der Waals surface area (Å²) < 4.78 is 38.0. The van der Waals surface area contributed by atoms with E-state index in [-0.39, 0.29) is 17.4 Å². The minimum Gasteiger partial charge on any atom is -0.302 e. The number of nitrogens with zero attached hydrogens (tertiary/aromatic N) is 3. The quantitative estimate of drug-likeness (QED) is 0.766. The maximum atomic E-state index is 12.3. The Hall–Kier alpha value is -1.30. The summed E-state index contributed by atoms with van der Waals surface area (Å²) in [4.78, 5) is 7.86. The second-order valence-corrected chi connectivity index (χ2v) is 3.48. The van der Waals surface area contributed by atoms with Crippen molar-refractivity contribution < 1.29 is 13.2 Å². The Morgan fingerprint density at radius 2 is 2.12 bits per heavy atom. The van der Waals surface area contributed by atoms with Gasteiger partial charge in [-0.05, 0) is 12.1 Å². The summed E-state index contributed by atoms with van der Waals surface area (Å²) >= 11 is 5.55. The first-order valence-corrected chi connectivity index (χ1v) is 4.97. The zero-order valence-electron chi connectivity index (χ0n) is 8.00. The van der Waals surface area contributed by atoms with Gasteiger partial charge in [-0.3, -0.25) is 0 Å². The SMILES string of the molecule is FC(F)(F)Cn1c(CCl)nc2cccnc21. The molecule has 0 spiro atoms. The number of halogens is 4. The third-order valence-electron chi connectivity index (χ3n) is 2.04. The highest BCUT2D eigenvalue weighted by atomic mass is 35.5. The second-order valence-electron chi connectivity index (χ2n) is 3.21. The lowest BCUT2D eigenvalue weighted by Gasteiger charge is -2.09. The van der Waals surface area contributed by atoms with Crippen molar-refractivity contribution in [1.29, 1.82) is 0 Å². The number of hydrogen-bond donors (Lipinski definition) is 0. The molecule has 2 heterocycles. The van der Waals surface area contributed by atoms with Crippen molar-refractivity contribution >= 4 is 22.8 Å². The molecule has 0 saturated heterocycles. The van der Waals surface area contributed by atoms with Crippen LogP contribution in [0.25, 0.3) is 11.2 Å². The smallest absolute Gasteiger partial charge is 0.302 e. The molecule has 0 aromatic carbocycles. The normalized spacial score (nSPS) is 12.2. The van der Waals surface area contributed by atoms with Gasteiger partial charge in [-0.2, -0.15) is 13.2 Å². The highest BCUT2D eigenvalue weighted by Gasteiger charge is 2.30. The van der Waals surface area contributed by atoms with Crippen LogP contribution in [-0.4, -0.2) is 20.7 Å². The minimum atomic E-state index is -4.31. The summed E-state index contributed by atoms with van der Waals surface area (Å²) in [5, 5.41) is 0. The molecule has 0 unspecified atom stereocenters. The summed E-state index contributed by atoms with van der Waals surface area (Å²) in [6.45, 7) is -1.12. The van der Waals surface area contributed by atoms with Gasteiger partial charge in [-0.1, -0.05) is 0 Å². The predicted octanol–water partition coefficient (Wildman–Crippen LogP) is 2.73. The number of hydrogen-bond acceptors (Lipinski definition) is 2. The highest BCUT2D eigenvalue weighted by Crippen LogP contribution is 2.22. The molecule has 0 bridgehead atoms. The van der Waals surface area contributed by atoms with E-state index >= 15 is 0 Å². The van der Waals surface area contributed by atoms with Crippen LogP contribution in [-0.2, 0) is 12.4 Å². The lowest BCUT2D eigenvalue weighted by Crippen LogP contribution is -2.19. The number of alkyl halides is 4. The van der Waals surface area contributed by atoms with Gasteiger partial charge in [-0.15, -0.1) is 11.6 Å². The lowest BCUT2D eigenvalue weighted by molar-refractivity contribution is -0.140. The van der Waals surface area contributed by atoms with Crippen LogP contribution in [0.2, 0.25) is 0 Å². The zero-order chi connectivity index (χ0) is 11.8. The molecule has 0 fully saturated rings. The molecule has 2 aromatic heterocycles. The molecule has 0 amide bonds. The molecule has 0 saturated carbocycles. The van der Waals surface area contributed by atoms with Crippen LogP contribution in [0.15, 0.2) is 18.3 Å². The number of pyridine rings is 1. The Balaban J connectivity index is 2.56. The summed E-state index contributed by atoms with van der Waals surface area (Å²) in [6.07, 6.45) is -2.89. The molecule has 7 heteroatoms. The standard InChI is InChI=1S/C9H7ClF3N3/c10-4-7-15-6-2-1-3-14-8(6)16(7)5-9(11,12)13/h1-3H,4-5H2. The van der Waals surface area contributed by atoms with E-state index in [9.17, 15) is 13.2 Å². The molecule has 0 aliphatic carbocycles. The first-order valence-electron chi connectivity index (χ1n) is 4.44. The fourth-order valence-electron chi connectivity index (χ4n) is 1.45. The molecule has 86 valence electrons. The molecule has 0 atom stereocenters. The van der Waals surface area contributed by atoms with Crippen LogP contribution < -0.4 is 0 Å². The van der Waals surface area contributed by atoms with Gasteiger partial charge in [0.05, 0.1) is 5.88 Å². The van der Waals surface area contributed by atoms with Crippen molar-refractivity contribution in [3.05, 3.63) is 24.2 Å². The largest absolute Gasteiger partial charge is 0.406 e. The Morgan fingerprint density at radius 1 is 1.38 bits per heavy atom. The van der Waals surface area contributed by atoms with Gasteiger partial charge in [0.2, 0.25) is 0 Å². The molecule has 0 aliphatic rings. The maximum Gasteiger partial charge on any atom is 0.406 e. The first kappa shape index (κ1) is 11.2. The summed E-state index contributed by atoms with van der Waals surface area (Å²) in [6, 6.07) is 3.22. The Morgan fingerprint density at radius 3 is 2.75 bits per heavy atom. The highest BCUT2D eigenvalue weighted by molar-refractivity contribution is 6.16. The van der Waals surface area contributed by atoms with Crippen molar-refractivity contribution in [2.45, 2.75) is 18.6 Å². The average molecular weight is 250 g/mol. The topological polar surface area (TPSA) is 30.7 Å². The van der Waals surface area contributed by atoms with Gasteiger partial charge < -0.3 is 4.57 Å². The molecule has 2 rings (SSSR count). The van der Waals surface area contributed by atoms with E-state index in [4.69, 9.17) is 11.6 Å². The zero-order valence-corrected chi connectivity index (χ0v) is 8.76. The Bertz CT molecular complexity index is 506. The van der Waals surface area contributed by atoms with Gasteiger partial charge in [0.25, 0.3) is 0 Å². The van der Waals surface area contributed by atoms with E-state index in [2.05, 4.69) is 9.97 Å². The van der Waals surface area contributed by atoms with Crippen LogP contribution in [0.5, 0.6) is 0 Å². The number of rotatable bonds is 2. The fourth-order valence-corrected chi connectivity index (χ4v) is 1.66. The van der Waals surface area contributed by atoms with Crippen LogP contribution in [0.1, 0.15) is 5.82 Å². The van der Waals surface area contributed by atoms with E-state index in [0.29, 0.717) is 5.52 Å². The summed E-state index contributed by atoms with van der Waals surface area (Å²) in [7, 11) is 0. The molecule has 0 aliphatic heterocycles. The van der Waals surface area contributed by atoms with E-state index in [1.807, 2.05) is 0 Å².